The number of imidazole rings is 1. The van der Waals surface area contributed by atoms with Crippen LogP contribution in [0.3, 0.4) is 0 Å². The van der Waals surface area contributed by atoms with Crippen LogP contribution >= 0.6 is 11.3 Å². The summed E-state index contributed by atoms with van der Waals surface area (Å²) >= 11 is 1.37. The van der Waals surface area contributed by atoms with E-state index in [1.165, 1.54) is 11.3 Å². The van der Waals surface area contributed by atoms with Crippen LogP contribution in [0.1, 0.15) is 40.0 Å². The number of unbranched alkanes of at least 4 members (excludes halogenated alkanes) is 1. The third-order valence-corrected chi connectivity index (χ3v) is 6.42. The fourth-order valence-corrected chi connectivity index (χ4v) is 4.94. The van der Waals surface area contributed by atoms with E-state index in [9.17, 15) is 8.42 Å². The summed E-state index contributed by atoms with van der Waals surface area (Å²) in [7, 11) is -3.65. The van der Waals surface area contributed by atoms with Gasteiger partial charge in [0.05, 0.1) is 0 Å². The van der Waals surface area contributed by atoms with E-state index < -0.39 is 10.0 Å². The lowest BCUT2D eigenvalue weighted by Crippen LogP contribution is -2.39. The summed E-state index contributed by atoms with van der Waals surface area (Å²) in [6, 6.07) is -0.0647. The molecule has 2 aromatic heterocycles. The highest BCUT2D eigenvalue weighted by Crippen LogP contribution is 2.28. The average Bonchev–Trinajstić information content (AvgIpc) is 2.97. The van der Waals surface area contributed by atoms with E-state index in [0.717, 1.165) is 19.3 Å². The van der Waals surface area contributed by atoms with Gasteiger partial charge in [-0.15, -0.1) is 11.3 Å². The number of nitrogens with two attached hydrogens (primary N) is 1. The van der Waals surface area contributed by atoms with E-state index in [0.29, 0.717) is 11.5 Å². The Kier molecular flexibility index (Phi) is 4.90. The molecule has 118 valence electrons. The molecule has 2 rings (SSSR count). The van der Waals surface area contributed by atoms with E-state index in [4.69, 9.17) is 5.73 Å². The molecule has 0 spiro atoms. The second kappa shape index (κ2) is 6.33. The van der Waals surface area contributed by atoms with Gasteiger partial charge in [-0.1, -0.05) is 20.3 Å². The van der Waals surface area contributed by atoms with Gasteiger partial charge in [0.15, 0.2) is 15.8 Å². The van der Waals surface area contributed by atoms with Gasteiger partial charge < -0.3 is 5.73 Å². The second-order valence-corrected chi connectivity index (χ2v) is 7.76. The average molecular weight is 330 g/mol. The van der Waals surface area contributed by atoms with Crippen molar-refractivity contribution in [3.05, 3.63) is 11.6 Å². The van der Waals surface area contributed by atoms with Gasteiger partial charge in [-0.2, -0.15) is 4.31 Å². The molecule has 0 radical (unpaired) electrons. The second-order valence-electron chi connectivity index (χ2n) is 5.08. The van der Waals surface area contributed by atoms with E-state index in [1.807, 2.05) is 20.8 Å². The molecule has 2 aromatic rings. The van der Waals surface area contributed by atoms with Crippen molar-refractivity contribution in [1.29, 1.82) is 0 Å². The van der Waals surface area contributed by atoms with Crippen molar-refractivity contribution in [3.8, 4) is 0 Å². The van der Waals surface area contributed by atoms with Gasteiger partial charge in [-0.25, -0.2) is 13.4 Å². The maximum Gasteiger partial charge on any atom is 0.263 e. The van der Waals surface area contributed by atoms with Gasteiger partial charge in [0.25, 0.3) is 10.0 Å². The Hall–Kier alpha value is -1.12. The number of nitrogen functional groups attached to an aromatic ring is 1. The highest BCUT2D eigenvalue weighted by atomic mass is 32.2. The largest absolute Gasteiger partial charge is 0.381 e. The van der Waals surface area contributed by atoms with Crippen molar-refractivity contribution < 1.29 is 8.42 Å². The molecule has 0 bridgehead atoms. The van der Waals surface area contributed by atoms with Crippen molar-refractivity contribution in [3.63, 3.8) is 0 Å². The Morgan fingerprint density at radius 1 is 1.48 bits per heavy atom. The summed E-state index contributed by atoms with van der Waals surface area (Å²) in [5, 5.41) is 1.90. The van der Waals surface area contributed by atoms with Crippen LogP contribution in [-0.4, -0.2) is 34.7 Å². The number of sulfonamides is 1. The first-order valence-corrected chi connectivity index (χ1v) is 9.48. The van der Waals surface area contributed by atoms with Gasteiger partial charge in [-0.3, -0.25) is 4.40 Å². The summed E-state index contributed by atoms with van der Waals surface area (Å²) < 4.78 is 29.2. The van der Waals surface area contributed by atoms with Crippen molar-refractivity contribution in [1.82, 2.24) is 13.7 Å². The Bertz CT molecular complexity index is 705. The van der Waals surface area contributed by atoms with Crippen LogP contribution < -0.4 is 5.73 Å². The molecule has 0 fully saturated rings. The molecule has 0 aliphatic carbocycles. The Morgan fingerprint density at radius 2 is 2.19 bits per heavy atom. The number of rotatable bonds is 7. The number of aromatic nitrogens is 2. The molecule has 0 saturated carbocycles. The predicted octanol–water partition coefficient (Wildman–Crippen LogP) is 2.57. The molecule has 0 aliphatic heterocycles. The van der Waals surface area contributed by atoms with Gasteiger partial charge in [0.1, 0.15) is 0 Å². The molecule has 1 unspecified atom stereocenters. The summed E-state index contributed by atoms with van der Waals surface area (Å²) in [4.78, 5) is 4.74. The van der Waals surface area contributed by atoms with Crippen LogP contribution in [0.15, 0.2) is 16.6 Å². The van der Waals surface area contributed by atoms with E-state index >= 15 is 0 Å². The summed E-state index contributed by atoms with van der Waals surface area (Å²) in [6.07, 6.45) is 4.23. The molecule has 0 aliphatic rings. The fraction of sp³-hybridized carbons (Fsp3) is 0.615. The molecular weight excluding hydrogens is 308 g/mol. The molecular formula is C13H22N4O2S2. The van der Waals surface area contributed by atoms with Crippen LogP contribution in [0.4, 0.5) is 5.82 Å². The van der Waals surface area contributed by atoms with E-state index in [-0.39, 0.29) is 16.9 Å². The number of hydrogen-bond donors (Lipinski definition) is 1. The molecule has 21 heavy (non-hydrogen) atoms. The van der Waals surface area contributed by atoms with Crippen LogP contribution in [-0.2, 0) is 10.0 Å². The summed E-state index contributed by atoms with van der Waals surface area (Å²) in [5.41, 5.74) is 5.86. The van der Waals surface area contributed by atoms with Crippen molar-refractivity contribution in [2.75, 3.05) is 12.3 Å². The highest BCUT2D eigenvalue weighted by Gasteiger charge is 2.33. The third-order valence-electron chi connectivity index (χ3n) is 3.61. The van der Waals surface area contributed by atoms with E-state index in [2.05, 4.69) is 4.98 Å². The van der Waals surface area contributed by atoms with Crippen molar-refractivity contribution in [2.24, 2.45) is 0 Å². The van der Waals surface area contributed by atoms with Crippen LogP contribution in [0.25, 0.3) is 4.96 Å². The molecule has 0 amide bonds. The topological polar surface area (TPSA) is 80.7 Å². The van der Waals surface area contributed by atoms with Crippen LogP contribution in [0, 0.1) is 0 Å². The first kappa shape index (κ1) is 16.3. The molecule has 0 aromatic carbocycles. The third kappa shape index (κ3) is 2.93. The minimum absolute atomic E-state index is 0.0647. The monoisotopic (exact) mass is 330 g/mol. The van der Waals surface area contributed by atoms with E-state index in [1.54, 1.807) is 20.3 Å². The standard InChI is InChI=1S/C13H22N4O2S2/c1-4-6-7-17(10(3)5-2)21(18,19)12-11(14)15-13-16(12)8-9-20-13/h8-10H,4-7,14H2,1-3H3. The number of hydrogen-bond acceptors (Lipinski definition) is 5. The zero-order valence-corrected chi connectivity index (χ0v) is 14.2. The molecule has 2 N–H and O–H groups in total. The smallest absolute Gasteiger partial charge is 0.263 e. The number of thiazole rings is 1. The Labute approximate surface area is 129 Å². The number of fused-ring (bicyclic) bond motifs is 1. The molecule has 6 nitrogen and oxygen atoms in total. The molecule has 8 heteroatoms. The summed E-state index contributed by atoms with van der Waals surface area (Å²) in [6.45, 7) is 6.46. The zero-order valence-electron chi connectivity index (χ0n) is 12.6. The van der Waals surface area contributed by atoms with Gasteiger partial charge in [0.2, 0.25) is 0 Å². The Morgan fingerprint density at radius 3 is 2.81 bits per heavy atom. The Balaban J connectivity index is 2.51. The minimum Gasteiger partial charge on any atom is -0.381 e. The summed E-state index contributed by atoms with van der Waals surface area (Å²) in [5.74, 6) is 0.0756. The lowest BCUT2D eigenvalue weighted by Gasteiger charge is -2.27. The normalized spacial score (nSPS) is 14.1. The first-order chi connectivity index (χ1) is 9.93. The number of anilines is 1. The SMILES string of the molecule is CCCCN(C(C)CC)S(=O)(=O)c1c(N)nc2sccn12. The number of nitrogens with zero attached hydrogens (tertiary/aromatic N) is 3. The fourth-order valence-electron chi connectivity index (χ4n) is 2.24. The molecule has 2 heterocycles. The van der Waals surface area contributed by atoms with Crippen LogP contribution in [0.5, 0.6) is 0 Å². The molecule has 0 saturated heterocycles. The van der Waals surface area contributed by atoms with Crippen molar-refractivity contribution >= 4 is 32.1 Å². The first-order valence-electron chi connectivity index (χ1n) is 7.16. The van der Waals surface area contributed by atoms with Crippen molar-refractivity contribution in [2.45, 2.75) is 51.1 Å². The quantitative estimate of drug-likeness (QED) is 0.846. The minimum atomic E-state index is -3.65. The highest BCUT2D eigenvalue weighted by molar-refractivity contribution is 7.89. The maximum absolute atomic E-state index is 13.0. The van der Waals surface area contributed by atoms with Gasteiger partial charge in [-0.05, 0) is 19.8 Å². The maximum atomic E-state index is 13.0. The van der Waals surface area contributed by atoms with Gasteiger partial charge in [0, 0.05) is 24.2 Å². The van der Waals surface area contributed by atoms with Gasteiger partial charge >= 0.3 is 0 Å². The van der Waals surface area contributed by atoms with Crippen LogP contribution in [0.2, 0.25) is 0 Å². The lowest BCUT2D eigenvalue weighted by atomic mass is 10.2. The zero-order chi connectivity index (χ0) is 15.6. The predicted molar refractivity (Wildman–Crippen MR) is 86.0 cm³/mol. The lowest BCUT2D eigenvalue weighted by molar-refractivity contribution is 0.323. The molecule has 1 atom stereocenters.